The molecule has 1 N–H and O–H groups in total. The quantitative estimate of drug-likeness (QED) is 0.123. The lowest BCUT2D eigenvalue weighted by Crippen LogP contribution is -2.29. The van der Waals surface area contributed by atoms with E-state index in [-0.39, 0.29) is 37.1 Å². The number of amides is 1. The third-order valence-electron chi connectivity index (χ3n) is 4.61. The van der Waals surface area contributed by atoms with Crippen LogP contribution in [0.1, 0.15) is 37.8 Å². The summed E-state index contributed by atoms with van der Waals surface area (Å²) in [7, 11) is -3.85. The third-order valence-corrected chi connectivity index (χ3v) is 8.37. The summed E-state index contributed by atoms with van der Waals surface area (Å²) in [4.78, 5) is 11.9. The van der Waals surface area contributed by atoms with Crippen LogP contribution in [0.15, 0.2) is 18.2 Å². The van der Waals surface area contributed by atoms with Crippen LogP contribution in [0.3, 0.4) is 0 Å². The fraction of sp³-hybridized carbons (Fsp3) is 0.696. The number of nitrogens with one attached hydrogen (secondary N) is 1. The highest BCUT2D eigenvalue weighted by molar-refractivity contribution is 8.76. The van der Waals surface area contributed by atoms with Crippen molar-refractivity contribution in [3.05, 3.63) is 29.3 Å². The average molecular weight is 618 g/mol. The van der Waals surface area contributed by atoms with Crippen molar-refractivity contribution in [1.82, 2.24) is 5.32 Å². The molecule has 38 heavy (non-hydrogen) atoms. The number of carbonyl (C=O) groups excluding carboxylic acids is 1. The smallest absolute Gasteiger partial charge is 0.264 e. The minimum absolute atomic E-state index is 0.00904. The van der Waals surface area contributed by atoms with E-state index in [1.807, 2.05) is 6.26 Å². The fourth-order valence-electron chi connectivity index (χ4n) is 2.90. The molecule has 11 nitrogen and oxygen atoms in total. The maximum atomic E-state index is 11.9. The molecule has 0 spiro atoms. The molecular formula is C23H39NO10S4. The monoisotopic (exact) mass is 617 g/mol. The van der Waals surface area contributed by atoms with Crippen LogP contribution in [0.25, 0.3) is 0 Å². The maximum Gasteiger partial charge on any atom is 0.264 e. The molecular weight excluding hydrogens is 579 g/mol. The predicted molar refractivity (Wildman–Crippen MR) is 150 cm³/mol. The lowest BCUT2D eigenvalue weighted by Gasteiger charge is -2.21. The number of hydrogen-bond acceptors (Lipinski definition) is 12. The Bertz CT molecular complexity index is 1010. The van der Waals surface area contributed by atoms with Crippen molar-refractivity contribution >= 4 is 47.7 Å². The highest BCUT2D eigenvalue weighted by Gasteiger charge is 2.19. The van der Waals surface area contributed by atoms with Crippen LogP contribution in [0.5, 0.6) is 5.75 Å². The Kier molecular flexibility index (Phi) is 16.2. The Morgan fingerprint density at radius 1 is 0.868 bits per heavy atom. The van der Waals surface area contributed by atoms with E-state index < -0.39 is 20.2 Å². The Morgan fingerprint density at radius 3 is 1.92 bits per heavy atom. The maximum absolute atomic E-state index is 11.9. The minimum Gasteiger partial charge on any atom is -0.491 e. The highest BCUT2D eigenvalue weighted by Crippen LogP contribution is 2.36. The normalized spacial score (nSPS) is 12.4. The van der Waals surface area contributed by atoms with Gasteiger partial charge in [0.2, 0.25) is 5.91 Å². The van der Waals surface area contributed by atoms with E-state index in [0.29, 0.717) is 49.7 Å². The molecule has 0 atom stereocenters. The van der Waals surface area contributed by atoms with Gasteiger partial charge >= 0.3 is 0 Å². The predicted octanol–water partition coefficient (Wildman–Crippen LogP) is 2.74. The molecule has 0 radical (unpaired) electrons. The van der Waals surface area contributed by atoms with Gasteiger partial charge in [0.1, 0.15) is 12.4 Å². The van der Waals surface area contributed by atoms with Gasteiger partial charge in [-0.2, -0.15) is 16.8 Å². The molecule has 1 aromatic carbocycles. The number of rotatable bonds is 21. The van der Waals surface area contributed by atoms with Crippen molar-refractivity contribution in [3.63, 3.8) is 0 Å². The summed E-state index contributed by atoms with van der Waals surface area (Å²) in [6.45, 7) is 5.77. The largest absolute Gasteiger partial charge is 0.491 e. The molecule has 0 unspecified atom stereocenters. The van der Waals surface area contributed by atoms with Crippen LogP contribution in [0.4, 0.5) is 0 Å². The van der Waals surface area contributed by atoms with Crippen LogP contribution in [-0.4, -0.2) is 85.8 Å². The Labute approximate surface area is 234 Å². The average Bonchev–Trinajstić information content (AvgIpc) is 2.80. The van der Waals surface area contributed by atoms with Crippen molar-refractivity contribution < 1.29 is 44.2 Å². The number of ether oxygens (including phenoxy) is 3. The topological polar surface area (TPSA) is 144 Å². The first kappa shape index (κ1) is 35.0. The Morgan fingerprint density at radius 2 is 1.39 bits per heavy atom. The van der Waals surface area contributed by atoms with Gasteiger partial charge in [-0.3, -0.25) is 13.2 Å². The molecule has 15 heteroatoms. The molecule has 0 aliphatic rings. The first-order valence-electron chi connectivity index (χ1n) is 11.8. The number of carbonyl (C=O) groups is 1. The molecule has 0 aromatic heterocycles. The molecule has 0 saturated carbocycles. The third kappa shape index (κ3) is 19.1. The van der Waals surface area contributed by atoms with Gasteiger partial charge in [-0.05, 0) is 49.8 Å². The highest BCUT2D eigenvalue weighted by atomic mass is 33.1. The Hall–Kier alpha value is -1.07. The Balaban J connectivity index is 2.30. The number of benzene rings is 1. The molecule has 0 heterocycles. The van der Waals surface area contributed by atoms with Gasteiger partial charge in [-0.15, -0.1) is 0 Å². The van der Waals surface area contributed by atoms with Crippen LogP contribution in [-0.2, 0) is 56.1 Å². The summed E-state index contributed by atoms with van der Waals surface area (Å²) in [6.07, 6.45) is 5.18. The van der Waals surface area contributed by atoms with E-state index in [2.05, 4.69) is 19.2 Å². The van der Waals surface area contributed by atoms with Gasteiger partial charge in [0.15, 0.2) is 0 Å². The molecule has 0 aliphatic carbocycles. The molecule has 1 amide bonds. The fourth-order valence-corrected chi connectivity index (χ4v) is 5.84. The second-order valence-electron chi connectivity index (χ2n) is 8.85. The lowest BCUT2D eigenvalue weighted by atomic mass is 10.1. The summed E-state index contributed by atoms with van der Waals surface area (Å²) < 4.78 is 71.4. The molecule has 0 aliphatic heterocycles. The summed E-state index contributed by atoms with van der Waals surface area (Å²) in [5.74, 6) is 0.396. The second kappa shape index (κ2) is 17.6. The first-order valence-corrected chi connectivity index (χ1v) is 18.0. The van der Waals surface area contributed by atoms with Crippen molar-refractivity contribution in [1.29, 1.82) is 0 Å². The van der Waals surface area contributed by atoms with E-state index in [1.165, 1.54) is 0 Å². The first-order chi connectivity index (χ1) is 17.7. The van der Waals surface area contributed by atoms with E-state index >= 15 is 0 Å². The van der Waals surface area contributed by atoms with E-state index in [1.54, 1.807) is 39.8 Å². The zero-order chi connectivity index (χ0) is 28.7. The lowest BCUT2D eigenvalue weighted by molar-refractivity contribution is -0.121. The van der Waals surface area contributed by atoms with E-state index in [9.17, 15) is 21.6 Å². The van der Waals surface area contributed by atoms with Gasteiger partial charge in [0.05, 0.1) is 52.2 Å². The summed E-state index contributed by atoms with van der Waals surface area (Å²) in [6, 6.07) is 4.76. The van der Waals surface area contributed by atoms with Gasteiger partial charge in [0.25, 0.3) is 20.2 Å². The van der Waals surface area contributed by atoms with Gasteiger partial charge in [-0.1, -0.05) is 27.7 Å². The van der Waals surface area contributed by atoms with Crippen LogP contribution >= 0.6 is 21.6 Å². The standard InChI is InChI=1S/C23H39NO10S4/c1-23(2,36-35-3)7-6-22(25)24-8-9-30-10-11-31-12-13-32-21-15-19(17-33-37(4,26)27)14-20(16-21)18-34-38(5,28)29/h14-16H,6-13,17-18H2,1-5H3,(H,24,25). The molecule has 1 rings (SSSR count). The molecule has 1 aromatic rings. The van der Waals surface area contributed by atoms with Crippen LogP contribution < -0.4 is 10.1 Å². The zero-order valence-corrected chi connectivity index (χ0v) is 25.8. The summed E-state index contributed by atoms with van der Waals surface area (Å²) >= 11 is 0. The number of hydrogen-bond donors (Lipinski definition) is 1. The van der Waals surface area contributed by atoms with Crippen LogP contribution in [0, 0.1) is 0 Å². The zero-order valence-electron chi connectivity index (χ0n) is 22.5. The van der Waals surface area contributed by atoms with Gasteiger partial charge < -0.3 is 19.5 Å². The van der Waals surface area contributed by atoms with E-state index in [0.717, 1.165) is 18.9 Å². The van der Waals surface area contributed by atoms with Crippen LogP contribution in [0.2, 0.25) is 0 Å². The summed E-state index contributed by atoms with van der Waals surface area (Å²) in [5, 5.41) is 2.84. The molecule has 0 saturated heterocycles. The van der Waals surface area contributed by atoms with Crippen molar-refractivity contribution in [2.75, 3.05) is 58.3 Å². The second-order valence-corrected chi connectivity index (χ2v) is 15.2. The van der Waals surface area contributed by atoms with Gasteiger partial charge in [-0.25, -0.2) is 0 Å². The molecule has 0 bridgehead atoms. The van der Waals surface area contributed by atoms with Crippen molar-refractivity contribution in [2.45, 2.75) is 44.6 Å². The molecule has 0 fully saturated rings. The van der Waals surface area contributed by atoms with Crippen molar-refractivity contribution in [3.8, 4) is 5.75 Å². The molecule has 220 valence electrons. The van der Waals surface area contributed by atoms with E-state index in [4.69, 9.17) is 22.6 Å². The van der Waals surface area contributed by atoms with Crippen molar-refractivity contribution in [2.24, 2.45) is 0 Å². The summed E-state index contributed by atoms with van der Waals surface area (Å²) in [5.41, 5.74) is 0.952. The van der Waals surface area contributed by atoms with Gasteiger partial charge in [0, 0.05) is 17.7 Å². The SMILES string of the molecule is CSSC(C)(C)CCC(=O)NCCOCCOCCOc1cc(COS(C)(=O)=O)cc(COS(C)(=O)=O)c1. The minimum atomic E-state index is -3.66.